The molecule has 2 aromatic rings. The van der Waals surface area contributed by atoms with Crippen LogP contribution in [0.4, 0.5) is 18.9 Å². The van der Waals surface area contributed by atoms with Gasteiger partial charge in [-0.05, 0) is 30.2 Å². The molecule has 0 aliphatic carbocycles. The molecule has 2 N–H and O–H groups in total. The first kappa shape index (κ1) is 12.5. The van der Waals surface area contributed by atoms with Crippen LogP contribution < -0.4 is 5.73 Å². The molecule has 2 aromatic carbocycles. The number of anilines is 1. The molecule has 4 heteroatoms. The Morgan fingerprint density at radius 3 is 2.33 bits per heavy atom. The Balaban J connectivity index is 2.64. The molecule has 0 amide bonds. The first-order chi connectivity index (χ1) is 8.38. The van der Waals surface area contributed by atoms with E-state index < -0.39 is 11.7 Å². The van der Waals surface area contributed by atoms with Gasteiger partial charge in [-0.3, -0.25) is 0 Å². The van der Waals surface area contributed by atoms with Crippen molar-refractivity contribution in [2.75, 3.05) is 5.73 Å². The predicted molar refractivity (Wildman–Crippen MR) is 66.0 cm³/mol. The van der Waals surface area contributed by atoms with Gasteiger partial charge in [0.15, 0.2) is 0 Å². The van der Waals surface area contributed by atoms with Crippen LogP contribution in [0.15, 0.2) is 42.5 Å². The largest absolute Gasteiger partial charge is 0.417 e. The monoisotopic (exact) mass is 251 g/mol. The minimum Gasteiger partial charge on any atom is -0.399 e. The second-order valence-corrected chi connectivity index (χ2v) is 4.17. The summed E-state index contributed by atoms with van der Waals surface area (Å²) in [5, 5.41) is 0. The quantitative estimate of drug-likeness (QED) is 0.753. The minimum atomic E-state index is -4.41. The molecule has 0 aliphatic rings. The third-order valence-corrected chi connectivity index (χ3v) is 2.68. The third kappa shape index (κ3) is 2.47. The summed E-state index contributed by atoms with van der Waals surface area (Å²) in [6.45, 7) is 1.84. The van der Waals surface area contributed by atoms with Crippen LogP contribution in [0.2, 0.25) is 0 Å². The van der Waals surface area contributed by atoms with Crippen molar-refractivity contribution in [1.29, 1.82) is 0 Å². The van der Waals surface area contributed by atoms with Gasteiger partial charge in [0.25, 0.3) is 0 Å². The summed E-state index contributed by atoms with van der Waals surface area (Å²) in [4.78, 5) is 0. The molecular weight excluding hydrogens is 239 g/mol. The number of nitrogens with two attached hydrogens (primary N) is 1. The Bertz CT molecular complexity index is 573. The zero-order chi connectivity index (χ0) is 13.3. The van der Waals surface area contributed by atoms with Crippen molar-refractivity contribution in [3.8, 4) is 11.1 Å². The highest BCUT2D eigenvalue weighted by Crippen LogP contribution is 2.38. The lowest BCUT2D eigenvalue weighted by Gasteiger charge is -2.14. The Morgan fingerprint density at radius 2 is 1.72 bits per heavy atom. The van der Waals surface area contributed by atoms with Gasteiger partial charge in [-0.25, -0.2) is 0 Å². The molecule has 18 heavy (non-hydrogen) atoms. The normalized spacial score (nSPS) is 11.6. The van der Waals surface area contributed by atoms with E-state index in [4.69, 9.17) is 5.73 Å². The molecule has 0 saturated heterocycles. The van der Waals surface area contributed by atoms with Crippen molar-refractivity contribution in [1.82, 2.24) is 0 Å². The molecule has 0 radical (unpaired) electrons. The van der Waals surface area contributed by atoms with Gasteiger partial charge in [0.05, 0.1) is 5.56 Å². The molecule has 1 nitrogen and oxygen atoms in total. The highest BCUT2D eigenvalue weighted by atomic mass is 19.4. The molecule has 0 unspecified atom stereocenters. The van der Waals surface area contributed by atoms with Crippen LogP contribution in [-0.4, -0.2) is 0 Å². The lowest BCUT2D eigenvalue weighted by Crippen LogP contribution is -2.08. The van der Waals surface area contributed by atoms with E-state index in [1.165, 1.54) is 12.1 Å². The van der Waals surface area contributed by atoms with Crippen molar-refractivity contribution in [2.45, 2.75) is 13.1 Å². The van der Waals surface area contributed by atoms with Crippen LogP contribution in [0, 0.1) is 6.92 Å². The molecule has 0 aromatic heterocycles. The molecule has 0 spiro atoms. The standard InChI is InChI=1S/C14H12F3N/c1-9-3-2-4-10(7-9)12-6-5-11(18)8-13(12)14(15,16)17/h2-8H,18H2,1H3. The first-order valence-corrected chi connectivity index (χ1v) is 5.42. The number of benzene rings is 2. The Hall–Kier alpha value is -1.97. The molecular formula is C14H12F3N. The minimum absolute atomic E-state index is 0.110. The topological polar surface area (TPSA) is 26.0 Å². The zero-order valence-electron chi connectivity index (χ0n) is 9.75. The molecule has 2 rings (SSSR count). The molecule has 0 heterocycles. The fourth-order valence-corrected chi connectivity index (χ4v) is 1.86. The summed E-state index contributed by atoms with van der Waals surface area (Å²) in [5.41, 5.74) is 6.45. The summed E-state index contributed by atoms with van der Waals surface area (Å²) in [6.07, 6.45) is -4.41. The van der Waals surface area contributed by atoms with Crippen LogP contribution in [-0.2, 0) is 6.18 Å². The molecule has 0 fully saturated rings. The van der Waals surface area contributed by atoms with Crippen molar-refractivity contribution in [3.05, 3.63) is 53.6 Å². The SMILES string of the molecule is Cc1cccc(-c2ccc(N)cc2C(F)(F)F)c1. The summed E-state index contributed by atoms with van der Waals surface area (Å²) in [5.74, 6) is 0. The van der Waals surface area contributed by atoms with E-state index in [1.807, 2.05) is 13.0 Å². The maximum Gasteiger partial charge on any atom is 0.417 e. The number of aryl methyl sites for hydroxylation is 1. The van der Waals surface area contributed by atoms with E-state index in [0.29, 0.717) is 5.56 Å². The molecule has 0 saturated carbocycles. The van der Waals surface area contributed by atoms with Crippen molar-refractivity contribution >= 4 is 5.69 Å². The Morgan fingerprint density at radius 1 is 1.00 bits per heavy atom. The summed E-state index contributed by atoms with van der Waals surface area (Å²) >= 11 is 0. The molecule has 0 atom stereocenters. The molecule has 94 valence electrons. The fourth-order valence-electron chi connectivity index (χ4n) is 1.86. The van der Waals surface area contributed by atoms with E-state index in [2.05, 4.69) is 0 Å². The van der Waals surface area contributed by atoms with E-state index in [9.17, 15) is 13.2 Å². The van der Waals surface area contributed by atoms with Crippen LogP contribution in [0.25, 0.3) is 11.1 Å². The van der Waals surface area contributed by atoms with Crippen molar-refractivity contribution in [2.24, 2.45) is 0 Å². The first-order valence-electron chi connectivity index (χ1n) is 5.42. The van der Waals surface area contributed by atoms with Crippen LogP contribution in [0.3, 0.4) is 0 Å². The van der Waals surface area contributed by atoms with E-state index in [0.717, 1.165) is 11.6 Å². The average Bonchev–Trinajstić information content (AvgIpc) is 2.27. The lowest BCUT2D eigenvalue weighted by atomic mass is 9.97. The maximum atomic E-state index is 13.0. The predicted octanol–water partition coefficient (Wildman–Crippen LogP) is 4.26. The summed E-state index contributed by atoms with van der Waals surface area (Å²) < 4.78 is 38.9. The van der Waals surface area contributed by atoms with Gasteiger partial charge < -0.3 is 5.73 Å². The van der Waals surface area contributed by atoms with Crippen LogP contribution in [0.1, 0.15) is 11.1 Å². The van der Waals surface area contributed by atoms with Gasteiger partial charge in [-0.1, -0.05) is 35.9 Å². The van der Waals surface area contributed by atoms with Gasteiger partial charge >= 0.3 is 6.18 Å². The molecule has 0 bridgehead atoms. The third-order valence-electron chi connectivity index (χ3n) is 2.68. The van der Waals surface area contributed by atoms with E-state index in [-0.39, 0.29) is 11.3 Å². The number of hydrogen-bond acceptors (Lipinski definition) is 1. The summed E-state index contributed by atoms with van der Waals surface area (Å²) in [7, 11) is 0. The zero-order valence-corrected chi connectivity index (χ0v) is 9.75. The van der Waals surface area contributed by atoms with Crippen LogP contribution >= 0.6 is 0 Å². The number of hydrogen-bond donors (Lipinski definition) is 1. The number of halogens is 3. The van der Waals surface area contributed by atoms with Gasteiger partial charge in [0.1, 0.15) is 0 Å². The van der Waals surface area contributed by atoms with Gasteiger partial charge in [-0.15, -0.1) is 0 Å². The van der Waals surface area contributed by atoms with Crippen LogP contribution in [0.5, 0.6) is 0 Å². The smallest absolute Gasteiger partial charge is 0.399 e. The fraction of sp³-hybridized carbons (Fsp3) is 0.143. The average molecular weight is 251 g/mol. The lowest BCUT2D eigenvalue weighted by molar-refractivity contribution is -0.137. The van der Waals surface area contributed by atoms with E-state index >= 15 is 0 Å². The highest BCUT2D eigenvalue weighted by Gasteiger charge is 2.33. The summed E-state index contributed by atoms with van der Waals surface area (Å²) in [6, 6.07) is 10.8. The Labute approximate surface area is 103 Å². The number of nitrogen functional groups attached to an aromatic ring is 1. The van der Waals surface area contributed by atoms with Gasteiger partial charge in [-0.2, -0.15) is 13.2 Å². The number of rotatable bonds is 1. The second-order valence-electron chi connectivity index (χ2n) is 4.17. The second kappa shape index (κ2) is 4.37. The molecule has 0 aliphatic heterocycles. The van der Waals surface area contributed by atoms with E-state index in [1.54, 1.807) is 18.2 Å². The Kier molecular flexibility index (Phi) is 3.03. The van der Waals surface area contributed by atoms with Crippen molar-refractivity contribution < 1.29 is 13.2 Å². The highest BCUT2D eigenvalue weighted by molar-refractivity contribution is 5.71. The van der Waals surface area contributed by atoms with Gasteiger partial charge in [0, 0.05) is 5.69 Å². The maximum absolute atomic E-state index is 13.0. The number of alkyl halides is 3. The van der Waals surface area contributed by atoms with Gasteiger partial charge in [0.2, 0.25) is 0 Å². The van der Waals surface area contributed by atoms with Crippen molar-refractivity contribution in [3.63, 3.8) is 0 Å².